The van der Waals surface area contributed by atoms with Gasteiger partial charge in [-0.15, -0.1) is 0 Å². The number of para-hydroxylation sites is 1. The molecule has 0 unspecified atom stereocenters. The molecule has 0 aliphatic carbocycles. The van der Waals surface area contributed by atoms with E-state index in [2.05, 4.69) is 56.8 Å². The van der Waals surface area contributed by atoms with Crippen molar-refractivity contribution in [2.45, 2.75) is 20.4 Å². The van der Waals surface area contributed by atoms with E-state index in [0.717, 1.165) is 28.2 Å². The number of pyridine rings is 1. The highest BCUT2D eigenvalue weighted by atomic mass is 15.1. The third kappa shape index (κ3) is 4.03. The molecule has 134 valence electrons. The van der Waals surface area contributed by atoms with Crippen LogP contribution in [-0.4, -0.2) is 15.0 Å². The van der Waals surface area contributed by atoms with Gasteiger partial charge in [0.15, 0.2) is 0 Å². The zero-order chi connectivity index (χ0) is 18.6. The third-order valence-corrected chi connectivity index (χ3v) is 4.33. The number of hydrogen-bond acceptors (Lipinski definition) is 5. The molecule has 2 N–H and O–H groups in total. The maximum absolute atomic E-state index is 4.51. The summed E-state index contributed by atoms with van der Waals surface area (Å²) in [4.78, 5) is 13.5. The minimum absolute atomic E-state index is 0.708. The van der Waals surface area contributed by atoms with Gasteiger partial charge in [-0.3, -0.25) is 4.98 Å². The van der Waals surface area contributed by atoms with Crippen LogP contribution in [0, 0.1) is 13.8 Å². The van der Waals surface area contributed by atoms with Crippen molar-refractivity contribution in [3.63, 3.8) is 0 Å². The average molecular weight is 355 g/mol. The minimum Gasteiger partial charge on any atom is -0.366 e. The summed E-state index contributed by atoms with van der Waals surface area (Å²) in [5.41, 5.74) is 4.32. The van der Waals surface area contributed by atoms with Gasteiger partial charge in [0, 0.05) is 24.2 Å². The number of nitrogens with zero attached hydrogens (tertiary/aromatic N) is 3. The van der Waals surface area contributed by atoms with Gasteiger partial charge in [0.1, 0.15) is 17.5 Å². The van der Waals surface area contributed by atoms with Gasteiger partial charge in [0.05, 0.1) is 11.2 Å². The Labute approximate surface area is 158 Å². The van der Waals surface area contributed by atoms with E-state index in [1.165, 1.54) is 11.1 Å². The average Bonchev–Trinajstić information content (AvgIpc) is 2.67. The Morgan fingerprint density at radius 3 is 2.48 bits per heavy atom. The van der Waals surface area contributed by atoms with Gasteiger partial charge in [0.25, 0.3) is 0 Å². The van der Waals surface area contributed by atoms with E-state index in [-0.39, 0.29) is 0 Å². The van der Waals surface area contributed by atoms with Crippen LogP contribution < -0.4 is 10.6 Å². The highest BCUT2D eigenvalue weighted by Crippen LogP contribution is 2.24. The molecule has 0 radical (unpaired) electrons. The fraction of sp³-hybridized carbons (Fsp3) is 0.136. The number of nitrogens with one attached hydrogen (secondary N) is 2. The predicted molar refractivity (Wildman–Crippen MR) is 110 cm³/mol. The lowest BCUT2D eigenvalue weighted by Crippen LogP contribution is -2.05. The zero-order valence-corrected chi connectivity index (χ0v) is 15.4. The molecule has 0 saturated carbocycles. The second-order valence-corrected chi connectivity index (χ2v) is 6.53. The molecular weight excluding hydrogens is 334 g/mol. The van der Waals surface area contributed by atoms with Crippen LogP contribution in [0.3, 0.4) is 0 Å². The summed E-state index contributed by atoms with van der Waals surface area (Å²) in [5, 5.41) is 7.85. The fourth-order valence-electron chi connectivity index (χ4n) is 2.96. The number of fused-ring (bicyclic) bond motifs is 1. The van der Waals surface area contributed by atoms with Gasteiger partial charge in [-0.05, 0) is 31.5 Å². The van der Waals surface area contributed by atoms with Gasteiger partial charge < -0.3 is 10.6 Å². The van der Waals surface area contributed by atoms with Gasteiger partial charge in [-0.25, -0.2) is 9.97 Å². The largest absolute Gasteiger partial charge is 0.366 e. The first-order chi connectivity index (χ1) is 13.2. The minimum atomic E-state index is 0.708. The monoisotopic (exact) mass is 355 g/mol. The quantitative estimate of drug-likeness (QED) is 0.528. The second-order valence-electron chi connectivity index (χ2n) is 6.53. The molecule has 0 aliphatic rings. The lowest BCUT2D eigenvalue weighted by molar-refractivity contribution is 1.02. The smallest absolute Gasteiger partial charge is 0.136 e. The molecule has 0 fully saturated rings. The molecule has 0 spiro atoms. The summed E-state index contributed by atoms with van der Waals surface area (Å²) in [6, 6.07) is 20.4. The predicted octanol–water partition coefficient (Wildman–Crippen LogP) is 5.00. The van der Waals surface area contributed by atoms with E-state index < -0.39 is 0 Å². The van der Waals surface area contributed by atoms with Crippen LogP contribution >= 0.6 is 0 Å². The van der Waals surface area contributed by atoms with E-state index in [1.54, 1.807) is 6.20 Å². The normalized spacial score (nSPS) is 10.7. The molecule has 0 aliphatic heterocycles. The number of benzene rings is 2. The van der Waals surface area contributed by atoms with Crippen LogP contribution in [-0.2, 0) is 6.54 Å². The number of aromatic nitrogens is 3. The Morgan fingerprint density at radius 1 is 0.852 bits per heavy atom. The molecule has 5 heteroatoms. The van der Waals surface area contributed by atoms with Gasteiger partial charge >= 0.3 is 0 Å². The highest BCUT2D eigenvalue weighted by Gasteiger charge is 2.06. The highest BCUT2D eigenvalue weighted by molar-refractivity contribution is 5.91. The van der Waals surface area contributed by atoms with Crippen molar-refractivity contribution >= 4 is 28.2 Å². The first-order valence-corrected chi connectivity index (χ1v) is 8.93. The van der Waals surface area contributed by atoms with Crippen molar-refractivity contribution in [3.8, 4) is 0 Å². The van der Waals surface area contributed by atoms with E-state index in [0.29, 0.717) is 12.4 Å². The van der Waals surface area contributed by atoms with Crippen LogP contribution in [0.5, 0.6) is 0 Å². The molecule has 2 aromatic carbocycles. The molecule has 27 heavy (non-hydrogen) atoms. The van der Waals surface area contributed by atoms with Crippen LogP contribution in [0.15, 0.2) is 66.9 Å². The van der Waals surface area contributed by atoms with Gasteiger partial charge in [-0.1, -0.05) is 48.0 Å². The molecule has 0 saturated heterocycles. The molecule has 0 atom stereocenters. The molecule has 4 aromatic rings. The standard InChI is InChI=1S/C22H21N5/c1-15-8-10-17(11-9-15)14-24-20-13-21(26-16(2)25-20)27-19-7-3-5-18-6-4-12-23-22(18)19/h3-13H,14H2,1-2H3,(H2,24,25,26,27). The van der Waals surface area contributed by atoms with Crippen molar-refractivity contribution in [3.05, 3.63) is 83.8 Å². The lowest BCUT2D eigenvalue weighted by atomic mass is 10.1. The van der Waals surface area contributed by atoms with Crippen LogP contribution in [0.4, 0.5) is 17.3 Å². The first-order valence-electron chi connectivity index (χ1n) is 8.93. The molecular formula is C22H21N5. The Bertz CT molecular complexity index is 1070. The molecule has 0 amide bonds. The zero-order valence-electron chi connectivity index (χ0n) is 15.4. The summed E-state index contributed by atoms with van der Waals surface area (Å²) in [7, 11) is 0. The van der Waals surface area contributed by atoms with Gasteiger partial charge in [-0.2, -0.15) is 0 Å². The van der Waals surface area contributed by atoms with E-state index in [9.17, 15) is 0 Å². The first kappa shape index (κ1) is 17.0. The topological polar surface area (TPSA) is 62.7 Å². The molecule has 0 bridgehead atoms. The Morgan fingerprint density at radius 2 is 1.63 bits per heavy atom. The fourth-order valence-corrected chi connectivity index (χ4v) is 2.96. The van der Waals surface area contributed by atoms with E-state index >= 15 is 0 Å². The molecule has 5 nitrogen and oxygen atoms in total. The summed E-state index contributed by atoms with van der Waals surface area (Å²) >= 11 is 0. The Hall–Kier alpha value is -3.47. The van der Waals surface area contributed by atoms with Crippen molar-refractivity contribution in [2.75, 3.05) is 10.6 Å². The summed E-state index contributed by atoms with van der Waals surface area (Å²) in [5.74, 6) is 2.24. The van der Waals surface area contributed by atoms with Crippen LogP contribution in [0.25, 0.3) is 10.9 Å². The van der Waals surface area contributed by atoms with Crippen molar-refractivity contribution in [1.82, 2.24) is 15.0 Å². The summed E-state index contributed by atoms with van der Waals surface area (Å²) < 4.78 is 0. The van der Waals surface area contributed by atoms with Crippen molar-refractivity contribution in [2.24, 2.45) is 0 Å². The van der Waals surface area contributed by atoms with E-state index in [4.69, 9.17) is 0 Å². The molecule has 2 aromatic heterocycles. The summed E-state index contributed by atoms with van der Waals surface area (Å²) in [6.45, 7) is 4.70. The number of anilines is 3. The maximum Gasteiger partial charge on any atom is 0.136 e. The Balaban J connectivity index is 1.56. The summed E-state index contributed by atoms with van der Waals surface area (Å²) in [6.07, 6.45) is 1.80. The van der Waals surface area contributed by atoms with Crippen LogP contribution in [0.1, 0.15) is 17.0 Å². The molecule has 2 heterocycles. The van der Waals surface area contributed by atoms with Crippen molar-refractivity contribution < 1.29 is 0 Å². The Kier molecular flexibility index (Phi) is 4.66. The van der Waals surface area contributed by atoms with Crippen molar-refractivity contribution in [1.29, 1.82) is 0 Å². The maximum atomic E-state index is 4.51. The number of hydrogen-bond donors (Lipinski definition) is 2. The van der Waals surface area contributed by atoms with Gasteiger partial charge in [0.2, 0.25) is 0 Å². The van der Waals surface area contributed by atoms with E-state index in [1.807, 2.05) is 43.3 Å². The SMILES string of the molecule is Cc1ccc(CNc2cc(Nc3cccc4cccnc34)nc(C)n2)cc1. The molecule has 4 rings (SSSR count). The number of aryl methyl sites for hydroxylation is 2. The number of rotatable bonds is 5. The third-order valence-electron chi connectivity index (χ3n) is 4.33. The second kappa shape index (κ2) is 7.41. The van der Waals surface area contributed by atoms with Crippen LogP contribution in [0.2, 0.25) is 0 Å². The lowest BCUT2D eigenvalue weighted by Gasteiger charge is -2.11.